The van der Waals surface area contributed by atoms with Gasteiger partial charge in [-0.25, -0.2) is 0 Å². The molecule has 0 fully saturated rings. The maximum Gasteiger partial charge on any atom is 0.219 e. The summed E-state index contributed by atoms with van der Waals surface area (Å²) in [7, 11) is 1.67. The number of primary amides is 1. The molecule has 4 nitrogen and oxygen atoms in total. The van der Waals surface area contributed by atoms with Gasteiger partial charge in [0, 0.05) is 20.1 Å². The van der Waals surface area contributed by atoms with Crippen LogP contribution >= 0.6 is 0 Å². The molecule has 0 spiro atoms. The van der Waals surface area contributed by atoms with Crippen LogP contribution in [0, 0.1) is 0 Å². The number of amides is 1. The van der Waals surface area contributed by atoms with Gasteiger partial charge in [-0.05, 0) is 20.3 Å². The van der Waals surface area contributed by atoms with E-state index in [1.807, 2.05) is 13.8 Å². The quantitative estimate of drug-likeness (QED) is 0.599. The molecule has 0 atom stereocenters. The Morgan fingerprint density at radius 2 is 2.00 bits per heavy atom. The van der Waals surface area contributed by atoms with Gasteiger partial charge >= 0.3 is 0 Å². The number of methoxy groups -OCH3 is 1. The number of rotatable bonds is 7. The molecule has 0 aromatic carbocycles. The third kappa shape index (κ3) is 7.74. The molecule has 0 saturated carbocycles. The van der Waals surface area contributed by atoms with Crippen molar-refractivity contribution in [3.8, 4) is 0 Å². The summed E-state index contributed by atoms with van der Waals surface area (Å²) in [6.07, 6.45) is 1.09. The van der Waals surface area contributed by atoms with Crippen LogP contribution < -0.4 is 5.73 Å². The molecule has 0 unspecified atom stereocenters. The van der Waals surface area contributed by atoms with E-state index in [2.05, 4.69) is 0 Å². The highest BCUT2D eigenvalue weighted by Crippen LogP contribution is 2.12. The summed E-state index contributed by atoms with van der Waals surface area (Å²) in [5.41, 5.74) is 4.78. The van der Waals surface area contributed by atoms with Gasteiger partial charge in [0.05, 0.1) is 12.2 Å². The molecular formula is C9H19NO3. The molecule has 78 valence electrons. The van der Waals surface area contributed by atoms with Crippen LogP contribution in [0.2, 0.25) is 0 Å². The van der Waals surface area contributed by atoms with Gasteiger partial charge in [0.15, 0.2) is 0 Å². The van der Waals surface area contributed by atoms with Crippen LogP contribution in [0.15, 0.2) is 0 Å². The second-order valence-corrected chi connectivity index (χ2v) is 3.54. The minimum absolute atomic E-state index is 0.160. The van der Waals surface area contributed by atoms with Crippen LogP contribution in [0.3, 0.4) is 0 Å². The Kier molecular flexibility index (Phi) is 5.66. The summed E-state index contributed by atoms with van der Waals surface area (Å²) in [6, 6.07) is 0. The van der Waals surface area contributed by atoms with E-state index in [9.17, 15) is 4.79 Å². The molecular weight excluding hydrogens is 170 g/mol. The summed E-state index contributed by atoms with van der Waals surface area (Å²) in [4.78, 5) is 10.3. The highest BCUT2D eigenvalue weighted by Gasteiger charge is 2.15. The average Bonchev–Trinajstić information content (AvgIpc) is 2.03. The first kappa shape index (κ1) is 12.4. The minimum Gasteiger partial charge on any atom is -0.381 e. The summed E-state index contributed by atoms with van der Waals surface area (Å²) in [5.74, 6) is -0.328. The van der Waals surface area contributed by atoms with E-state index >= 15 is 0 Å². The molecule has 0 aliphatic carbocycles. The first-order valence-corrected chi connectivity index (χ1v) is 4.39. The first-order valence-electron chi connectivity index (χ1n) is 4.39. The van der Waals surface area contributed by atoms with E-state index < -0.39 is 0 Å². The van der Waals surface area contributed by atoms with E-state index in [1.165, 1.54) is 0 Å². The van der Waals surface area contributed by atoms with Crippen LogP contribution in [-0.4, -0.2) is 31.8 Å². The molecule has 13 heavy (non-hydrogen) atoms. The maximum atomic E-state index is 10.3. The highest BCUT2D eigenvalue weighted by molar-refractivity contribution is 5.73. The number of carbonyl (C=O) groups excluding carboxylic acids is 1. The monoisotopic (exact) mass is 189 g/mol. The Morgan fingerprint density at radius 3 is 2.46 bits per heavy atom. The smallest absolute Gasteiger partial charge is 0.219 e. The van der Waals surface area contributed by atoms with Crippen LogP contribution in [-0.2, 0) is 14.3 Å². The van der Waals surface area contributed by atoms with Gasteiger partial charge in [-0.2, -0.15) is 0 Å². The zero-order valence-corrected chi connectivity index (χ0v) is 8.63. The van der Waals surface area contributed by atoms with Crippen LogP contribution in [0.5, 0.6) is 0 Å². The Morgan fingerprint density at radius 1 is 1.38 bits per heavy atom. The fourth-order valence-electron chi connectivity index (χ4n) is 0.695. The van der Waals surface area contributed by atoms with Crippen molar-refractivity contribution in [2.45, 2.75) is 32.3 Å². The molecule has 0 rings (SSSR count). The second kappa shape index (κ2) is 5.94. The van der Waals surface area contributed by atoms with Crippen molar-refractivity contribution in [1.29, 1.82) is 0 Å². The van der Waals surface area contributed by atoms with E-state index in [1.54, 1.807) is 7.11 Å². The molecule has 0 aromatic rings. The van der Waals surface area contributed by atoms with Gasteiger partial charge in [-0.15, -0.1) is 0 Å². The third-order valence-electron chi connectivity index (χ3n) is 1.89. The van der Waals surface area contributed by atoms with Gasteiger partial charge in [-0.3, -0.25) is 4.79 Å². The summed E-state index contributed by atoms with van der Waals surface area (Å²) < 4.78 is 10.4. The van der Waals surface area contributed by atoms with E-state index in [0.29, 0.717) is 13.2 Å². The predicted octanol–water partition coefficient (Wildman–Crippen LogP) is 0.694. The number of hydrogen-bond donors (Lipinski definition) is 1. The van der Waals surface area contributed by atoms with Crippen LogP contribution in [0.25, 0.3) is 0 Å². The summed E-state index contributed by atoms with van der Waals surface area (Å²) in [5, 5.41) is 0. The Balaban J connectivity index is 3.30. The fraction of sp³-hybridized carbons (Fsp3) is 0.889. The fourth-order valence-corrected chi connectivity index (χ4v) is 0.695. The maximum absolute atomic E-state index is 10.3. The number of ether oxygens (including phenoxy) is 2. The Labute approximate surface area is 79.4 Å². The van der Waals surface area contributed by atoms with Crippen molar-refractivity contribution >= 4 is 5.91 Å². The zero-order valence-electron chi connectivity index (χ0n) is 8.63. The lowest BCUT2D eigenvalue weighted by Crippen LogP contribution is -2.24. The van der Waals surface area contributed by atoms with Crippen molar-refractivity contribution in [3.63, 3.8) is 0 Å². The SMILES string of the molecule is COC(C)(C)CCOCCC(N)=O. The lowest BCUT2D eigenvalue weighted by Gasteiger charge is -2.22. The largest absolute Gasteiger partial charge is 0.381 e. The molecule has 0 radical (unpaired) electrons. The topological polar surface area (TPSA) is 61.6 Å². The molecule has 0 aliphatic heterocycles. The molecule has 0 bridgehead atoms. The molecule has 0 aromatic heterocycles. The van der Waals surface area contributed by atoms with Crippen molar-refractivity contribution in [1.82, 2.24) is 0 Å². The predicted molar refractivity (Wildman–Crippen MR) is 50.3 cm³/mol. The number of carbonyl (C=O) groups is 1. The van der Waals surface area contributed by atoms with Gasteiger partial charge in [-0.1, -0.05) is 0 Å². The van der Waals surface area contributed by atoms with Crippen LogP contribution in [0.1, 0.15) is 26.7 Å². The number of nitrogens with two attached hydrogens (primary N) is 1. The standard InChI is InChI=1S/C9H19NO3/c1-9(2,12-3)5-7-13-6-4-8(10)11/h4-7H2,1-3H3,(H2,10,11). The summed E-state index contributed by atoms with van der Waals surface area (Å²) >= 11 is 0. The third-order valence-corrected chi connectivity index (χ3v) is 1.89. The molecule has 0 aliphatic rings. The van der Waals surface area contributed by atoms with Crippen molar-refractivity contribution in [3.05, 3.63) is 0 Å². The van der Waals surface area contributed by atoms with Crippen molar-refractivity contribution in [2.24, 2.45) is 5.73 Å². The average molecular weight is 189 g/mol. The molecule has 2 N–H and O–H groups in total. The molecule has 1 amide bonds. The van der Waals surface area contributed by atoms with E-state index in [4.69, 9.17) is 15.2 Å². The van der Waals surface area contributed by atoms with Crippen LogP contribution in [0.4, 0.5) is 0 Å². The number of hydrogen-bond acceptors (Lipinski definition) is 3. The van der Waals surface area contributed by atoms with Gasteiger partial charge in [0.25, 0.3) is 0 Å². The van der Waals surface area contributed by atoms with Crippen molar-refractivity contribution < 1.29 is 14.3 Å². The van der Waals surface area contributed by atoms with Gasteiger partial charge in [0.2, 0.25) is 5.91 Å². The van der Waals surface area contributed by atoms with E-state index in [0.717, 1.165) is 6.42 Å². The van der Waals surface area contributed by atoms with Gasteiger partial charge in [0.1, 0.15) is 0 Å². The first-order chi connectivity index (χ1) is 5.98. The Bertz CT molecular complexity index is 157. The zero-order chi connectivity index (χ0) is 10.3. The summed E-state index contributed by atoms with van der Waals surface area (Å²) in [6.45, 7) is 4.97. The molecule has 0 heterocycles. The van der Waals surface area contributed by atoms with Gasteiger partial charge < -0.3 is 15.2 Å². The highest BCUT2D eigenvalue weighted by atomic mass is 16.5. The Hall–Kier alpha value is -0.610. The minimum atomic E-state index is -0.328. The lowest BCUT2D eigenvalue weighted by atomic mass is 10.1. The van der Waals surface area contributed by atoms with Crippen molar-refractivity contribution in [2.75, 3.05) is 20.3 Å². The normalized spacial score (nSPS) is 11.6. The lowest BCUT2D eigenvalue weighted by molar-refractivity contribution is -0.119. The molecule has 0 saturated heterocycles. The second-order valence-electron chi connectivity index (χ2n) is 3.54. The van der Waals surface area contributed by atoms with E-state index in [-0.39, 0.29) is 17.9 Å². The molecule has 4 heteroatoms.